The molecule has 0 bridgehead atoms. The van der Waals surface area contributed by atoms with E-state index in [1.165, 1.54) is 10.6 Å². The lowest BCUT2D eigenvalue weighted by molar-refractivity contribution is -0.137. The van der Waals surface area contributed by atoms with Gasteiger partial charge in [-0.05, 0) is 35.4 Å². The van der Waals surface area contributed by atoms with E-state index in [1.807, 2.05) is 0 Å². The van der Waals surface area contributed by atoms with Gasteiger partial charge in [0.2, 0.25) is 0 Å². The third-order valence-corrected chi connectivity index (χ3v) is 3.95. The SMILES string of the molecule is Cn1c(C(=O)Cl)c(-c2ccccc2)c2cc(C(F)(F)F)ccc21. The number of halogens is 4. The zero-order valence-electron chi connectivity index (χ0n) is 12.0. The molecule has 1 heterocycles. The Morgan fingerprint density at radius 3 is 2.30 bits per heavy atom. The van der Waals surface area contributed by atoms with Gasteiger partial charge in [0.1, 0.15) is 5.69 Å². The molecule has 118 valence electrons. The normalized spacial score (nSPS) is 11.9. The molecule has 3 rings (SSSR count). The number of aryl methyl sites for hydroxylation is 1. The van der Waals surface area contributed by atoms with Crippen LogP contribution in [-0.2, 0) is 13.2 Å². The summed E-state index contributed by atoms with van der Waals surface area (Å²) in [4.78, 5) is 11.8. The van der Waals surface area contributed by atoms with Crippen molar-refractivity contribution in [2.24, 2.45) is 7.05 Å². The van der Waals surface area contributed by atoms with Crippen LogP contribution in [0.1, 0.15) is 16.1 Å². The van der Waals surface area contributed by atoms with Gasteiger partial charge in [0.05, 0.1) is 5.56 Å². The Morgan fingerprint density at radius 1 is 1.09 bits per heavy atom. The Bertz CT molecular complexity index is 898. The fraction of sp³-hybridized carbons (Fsp3) is 0.118. The fourth-order valence-corrected chi connectivity index (χ4v) is 2.97. The molecule has 3 aromatic rings. The smallest absolute Gasteiger partial charge is 0.340 e. The highest BCUT2D eigenvalue weighted by Gasteiger charge is 2.32. The van der Waals surface area contributed by atoms with E-state index in [1.54, 1.807) is 37.4 Å². The maximum atomic E-state index is 13.0. The van der Waals surface area contributed by atoms with E-state index >= 15 is 0 Å². The Labute approximate surface area is 135 Å². The molecule has 0 amide bonds. The van der Waals surface area contributed by atoms with Crippen molar-refractivity contribution in [3.05, 3.63) is 59.8 Å². The summed E-state index contributed by atoms with van der Waals surface area (Å²) < 4.78 is 40.6. The molecule has 0 unspecified atom stereocenters. The first kappa shape index (κ1) is 15.6. The van der Waals surface area contributed by atoms with Crippen LogP contribution in [0.15, 0.2) is 48.5 Å². The van der Waals surface area contributed by atoms with Crippen molar-refractivity contribution in [3.63, 3.8) is 0 Å². The number of hydrogen-bond acceptors (Lipinski definition) is 1. The summed E-state index contributed by atoms with van der Waals surface area (Å²) in [5.41, 5.74) is 0.977. The molecule has 23 heavy (non-hydrogen) atoms. The first-order chi connectivity index (χ1) is 10.8. The maximum absolute atomic E-state index is 13.0. The lowest BCUT2D eigenvalue weighted by Crippen LogP contribution is -2.04. The van der Waals surface area contributed by atoms with Crippen molar-refractivity contribution >= 4 is 27.7 Å². The minimum Gasteiger partial charge on any atom is -0.340 e. The van der Waals surface area contributed by atoms with Crippen LogP contribution in [0, 0.1) is 0 Å². The second kappa shape index (κ2) is 5.42. The van der Waals surface area contributed by atoms with Crippen LogP contribution in [0.25, 0.3) is 22.0 Å². The molecule has 0 radical (unpaired) electrons. The Kier molecular flexibility index (Phi) is 3.68. The van der Waals surface area contributed by atoms with E-state index in [-0.39, 0.29) is 5.69 Å². The van der Waals surface area contributed by atoms with Gasteiger partial charge in [-0.2, -0.15) is 13.2 Å². The maximum Gasteiger partial charge on any atom is 0.416 e. The highest BCUT2D eigenvalue weighted by Crippen LogP contribution is 2.38. The third kappa shape index (κ3) is 2.61. The Morgan fingerprint density at radius 2 is 1.74 bits per heavy atom. The molecule has 0 aliphatic heterocycles. The van der Waals surface area contributed by atoms with Crippen LogP contribution in [0.5, 0.6) is 0 Å². The van der Waals surface area contributed by atoms with Crippen LogP contribution >= 0.6 is 11.6 Å². The fourth-order valence-electron chi connectivity index (χ4n) is 2.75. The average molecular weight is 338 g/mol. The van der Waals surface area contributed by atoms with Gasteiger partial charge in [0, 0.05) is 23.5 Å². The minimum absolute atomic E-state index is 0.173. The number of fused-ring (bicyclic) bond motifs is 1. The lowest BCUT2D eigenvalue weighted by atomic mass is 10.0. The van der Waals surface area contributed by atoms with Gasteiger partial charge in [-0.3, -0.25) is 4.79 Å². The predicted octanol–water partition coefficient (Wildman–Crippen LogP) is 5.24. The minimum atomic E-state index is -4.46. The van der Waals surface area contributed by atoms with Crippen molar-refractivity contribution in [2.75, 3.05) is 0 Å². The number of nitrogens with zero attached hydrogens (tertiary/aromatic N) is 1. The monoisotopic (exact) mass is 337 g/mol. The Hall–Kier alpha value is -2.27. The third-order valence-electron chi connectivity index (χ3n) is 3.78. The zero-order chi connectivity index (χ0) is 16.8. The highest BCUT2D eigenvalue weighted by atomic mass is 35.5. The van der Waals surface area contributed by atoms with Gasteiger partial charge >= 0.3 is 6.18 Å². The van der Waals surface area contributed by atoms with Crippen molar-refractivity contribution in [3.8, 4) is 11.1 Å². The summed E-state index contributed by atoms with van der Waals surface area (Å²) in [5, 5.41) is -0.367. The first-order valence-corrected chi connectivity index (χ1v) is 7.13. The van der Waals surface area contributed by atoms with Crippen LogP contribution in [-0.4, -0.2) is 9.81 Å². The quantitative estimate of drug-likeness (QED) is 0.586. The summed E-state index contributed by atoms with van der Waals surface area (Å²) >= 11 is 5.68. The summed E-state index contributed by atoms with van der Waals surface area (Å²) in [6.07, 6.45) is -4.46. The van der Waals surface area contributed by atoms with Crippen molar-refractivity contribution in [1.82, 2.24) is 4.57 Å². The average Bonchev–Trinajstić information content (AvgIpc) is 2.80. The standard InChI is InChI=1S/C17H11ClF3NO/c1-22-13-8-7-11(17(19,20)21)9-12(13)14(15(22)16(18)23)10-5-3-2-4-6-10/h2-9H,1H3. The molecule has 2 aromatic carbocycles. The molecule has 6 heteroatoms. The summed E-state index contributed by atoms with van der Waals surface area (Å²) in [7, 11) is 1.61. The van der Waals surface area contributed by atoms with Gasteiger partial charge in [0.25, 0.3) is 5.24 Å². The van der Waals surface area contributed by atoms with Crippen LogP contribution in [0.4, 0.5) is 13.2 Å². The zero-order valence-corrected chi connectivity index (χ0v) is 12.7. The number of alkyl halides is 3. The molecule has 0 N–H and O–H groups in total. The summed E-state index contributed by atoms with van der Waals surface area (Å²) in [5.74, 6) is 0. The van der Waals surface area contributed by atoms with Crippen molar-refractivity contribution < 1.29 is 18.0 Å². The molecule has 0 saturated carbocycles. The molecular weight excluding hydrogens is 327 g/mol. The molecule has 0 spiro atoms. The van der Waals surface area contributed by atoms with E-state index < -0.39 is 17.0 Å². The second-order valence-corrected chi connectivity index (χ2v) is 5.50. The number of aromatic nitrogens is 1. The molecule has 0 aliphatic carbocycles. The molecule has 0 saturated heterocycles. The summed E-state index contributed by atoms with van der Waals surface area (Å²) in [6.45, 7) is 0. The van der Waals surface area contributed by atoms with Crippen molar-refractivity contribution in [2.45, 2.75) is 6.18 Å². The topological polar surface area (TPSA) is 22.0 Å². The van der Waals surface area contributed by atoms with Gasteiger partial charge in [-0.15, -0.1) is 0 Å². The first-order valence-electron chi connectivity index (χ1n) is 6.75. The van der Waals surface area contributed by atoms with E-state index in [2.05, 4.69) is 0 Å². The number of hydrogen-bond donors (Lipinski definition) is 0. The lowest BCUT2D eigenvalue weighted by Gasteiger charge is -2.07. The highest BCUT2D eigenvalue weighted by molar-refractivity contribution is 6.68. The number of carbonyl (C=O) groups excluding carboxylic acids is 1. The number of carbonyl (C=O) groups is 1. The molecule has 0 atom stereocenters. The largest absolute Gasteiger partial charge is 0.416 e. The second-order valence-electron chi connectivity index (χ2n) is 5.15. The predicted molar refractivity (Wildman–Crippen MR) is 83.5 cm³/mol. The van der Waals surface area contributed by atoms with Crippen molar-refractivity contribution in [1.29, 1.82) is 0 Å². The molecular formula is C17H11ClF3NO. The van der Waals surface area contributed by atoms with Crippen LogP contribution in [0.3, 0.4) is 0 Å². The van der Waals surface area contributed by atoms with E-state index in [9.17, 15) is 18.0 Å². The van der Waals surface area contributed by atoms with Gasteiger partial charge in [0.15, 0.2) is 0 Å². The molecule has 0 fully saturated rings. The van der Waals surface area contributed by atoms with Gasteiger partial charge in [-0.1, -0.05) is 30.3 Å². The van der Waals surface area contributed by atoms with Gasteiger partial charge < -0.3 is 4.57 Å². The van der Waals surface area contributed by atoms with E-state index in [4.69, 9.17) is 11.6 Å². The van der Waals surface area contributed by atoms with E-state index in [0.29, 0.717) is 22.0 Å². The number of rotatable bonds is 2. The van der Waals surface area contributed by atoms with Gasteiger partial charge in [-0.25, -0.2) is 0 Å². The molecule has 2 nitrogen and oxygen atoms in total. The number of benzene rings is 2. The van der Waals surface area contributed by atoms with Crippen LogP contribution < -0.4 is 0 Å². The summed E-state index contributed by atoms with van der Waals surface area (Å²) in [6, 6.07) is 12.2. The molecule has 1 aromatic heterocycles. The molecule has 0 aliphatic rings. The van der Waals surface area contributed by atoms with E-state index in [0.717, 1.165) is 12.1 Å². The Balaban J connectivity index is 2.43. The van der Waals surface area contributed by atoms with Crippen LogP contribution in [0.2, 0.25) is 0 Å².